The largest absolute Gasteiger partial charge is 0.872 e. The summed E-state index contributed by atoms with van der Waals surface area (Å²) in [7, 11) is 0. The van der Waals surface area contributed by atoms with E-state index in [0.29, 0.717) is 5.69 Å². The number of carboxylic acids is 1. The summed E-state index contributed by atoms with van der Waals surface area (Å²) in [4.78, 5) is 38.1. The Morgan fingerprint density at radius 3 is 2.48 bits per heavy atom. The van der Waals surface area contributed by atoms with Crippen molar-refractivity contribution in [2.45, 2.75) is 19.4 Å². The number of hydrogen-bond acceptors (Lipinski definition) is 6. The van der Waals surface area contributed by atoms with Crippen molar-refractivity contribution in [3.8, 4) is 5.75 Å². The molecule has 0 aromatic heterocycles. The van der Waals surface area contributed by atoms with Crippen LogP contribution in [-0.4, -0.2) is 35.1 Å². The van der Waals surface area contributed by atoms with Gasteiger partial charge in [-0.15, -0.1) is 0 Å². The van der Waals surface area contributed by atoms with Crippen molar-refractivity contribution in [2.24, 2.45) is 0 Å². The van der Waals surface area contributed by atoms with Crippen molar-refractivity contribution in [1.82, 2.24) is 0 Å². The molecule has 150 valence electrons. The summed E-state index contributed by atoms with van der Waals surface area (Å²) >= 11 is 0. The second kappa shape index (κ2) is 7.67. The first-order chi connectivity index (χ1) is 13.8. The molecule has 1 heterocycles. The van der Waals surface area contributed by atoms with Crippen LogP contribution in [0.15, 0.2) is 60.3 Å². The van der Waals surface area contributed by atoms with Gasteiger partial charge in [0.25, 0.3) is 5.91 Å². The molecular weight excluding hydrogens is 376 g/mol. The van der Waals surface area contributed by atoms with E-state index >= 15 is 0 Å². The Morgan fingerprint density at radius 1 is 1.21 bits per heavy atom. The summed E-state index contributed by atoms with van der Waals surface area (Å²) in [5.74, 6) is -3.11. The fourth-order valence-electron chi connectivity index (χ4n) is 3.15. The maximum Gasteiger partial charge on any atom is 0.336 e. The molecule has 1 atom stereocenters. The van der Waals surface area contributed by atoms with E-state index in [1.807, 2.05) is 0 Å². The maximum atomic E-state index is 13.1. The van der Waals surface area contributed by atoms with Crippen LogP contribution in [0, 0.1) is 0 Å². The van der Waals surface area contributed by atoms with Crippen molar-refractivity contribution >= 4 is 29.2 Å². The van der Waals surface area contributed by atoms with Crippen LogP contribution in [0.3, 0.4) is 0 Å². The molecule has 2 N–H and O–H groups in total. The van der Waals surface area contributed by atoms with E-state index in [4.69, 9.17) is 9.84 Å². The van der Waals surface area contributed by atoms with Crippen LogP contribution < -0.4 is 15.3 Å². The van der Waals surface area contributed by atoms with Crippen LogP contribution in [0.25, 0.3) is 0 Å². The first kappa shape index (κ1) is 19.9. The summed E-state index contributed by atoms with van der Waals surface area (Å²) in [6, 6.07) is 12.3. The van der Waals surface area contributed by atoms with Gasteiger partial charge in [0, 0.05) is 11.4 Å². The lowest BCUT2D eigenvalue weighted by Crippen LogP contribution is -2.51. The summed E-state index contributed by atoms with van der Waals surface area (Å²) in [5.41, 5.74) is -0.943. The molecule has 2 aromatic carbocycles. The summed E-state index contributed by atoms with van der Waals surface area (Å²) in [5, 5.41) is 23.7. The second-order valence-electron chi connectivity index (χ2n) is 6.54. The number of carboxylic acid groups (broad SMARTS) is 1. The number of para-hydroxylation sites is 1. The molecule has 1 aliphatic rings. The second-order valence-corrected chi connectivity index (χ2v) is 6.54. The summed E-state index contributed by atoms with van der Waals surface area (Å²) < 4.78 is 5.17. The topological polar surface area (TPSA) is 119 Å². The molecule has 1 amide bonds. The third-order valence-corrected chi connectivity index (χ3v) is 4.52. The highest BCUT2D eigenvalue weighted by atomic mass is 16.5. The number of ether oxygens (including phenoxy) is 1. The zero-order valence-corrected chi connectivity index (χ0v) is 15.8. The molecule has 8 heteroatoms. The maximum absolute atomic E-state index is 13.1. The van der Waals surface area contributed by atoms with Crippen molar-refractivity contribution < 1.29 is 29.3 Å². The minimum absolute atomic E-state index is 0.0758. The standard InChI is InChI=1S/C21H20N2O6/c1-3-29-20(28)21(2)12-16(18(25)23(21)14-7-5-4-6-8-14)22-13-9-10-15(19(26)27)17(24)11-13/h4-12,22,24H,3H2,1-2H3,(H,26,27)/p-1/t21-/m0/s1. The van der Waals surface area contributed by atoms with Crippen LogP contribution in [-0.2, 0) is 14.3 Å². The molecule has 0 aliphatic carbocycles. The number of carbonyl (C=O) groups is 3. The van der Waals surface area contributed by atoms with Crippen LogP contribution in [0.4, 0.5) is 11.4 Å². The number of hydrogen-bond donors (Lipinski definition) is 2. The molecule has 0 unspecified atom stereocenters. The predicted molar refractivity (Wildman–Crippen MR) is 104 cm³/mol. The molecule has 3 rings (SSSR count). The first-order valence-electron chi connectivity index (χ1n) is 8.89. The van der Waals surface area contributed by atoms with Gasteiger partial charge in [0.2, 0.25) is 0 Å². The highest BCUT2D eigenvalue weighted by Gasteiger charge is 2.49. The van der Waals surface area contributed by atoms with Gasteiger partial charge in [-0.05, 0) is 50.3 Å². The molecule has 0 radical (unpaired) electrons. The first-order valence-corrected chi connectivity index (χ1v) is 8.89. The summed E-state index contributed by atoms with van der Waals surface area (Å²) in [6.45, 7) is 3.39. The average Bonchev–Trinajstić information content (AvgIpc) is 2.93. The predicted octanol–water partition coefficient (Wildman–Crippen LogP) is 2.12. The number of benzene rings is 2. The van der Waals surface area contributed by atoms with Crippen LogP contribution in [0.5, 0.6) is 5.75 Å². The van der Waals surface area contributed by atoms with Gasteiger partial charge in [0.05, 0.1) is 12.2 Å². The van der Waals surface area contributed by atoms with E-state index in [1.165, 1.54) is 17.0 Å². The Kier molecular flexibility index (Phi) is 5.27. The average molecular weight is 395 g/mol. The zero-order chi connectivity index (χ0) is 21.2. The van der Waals surface area contributed by atoms with E-state index in [-0.39, 0.29) is 23.6 Å². The molecule has 0 saturated carbocycles. The van der Waals surface area contributed by atoms with Crippen molar-refractivity contribution in [1.29, 1.82) is 0 Å². The van der Waals surface area contributed by atoms with Gasteiger partial charge in [-0.2, -0.15) is 0 Å². The molecule has 8 nitrogen and oxygen atoms in total. The van der Waals surface area contributed by atoms with Gasteiger partial charge in [-0.3, -0.25) is 9.69 Å². The smallest absolute Gasteiger partial charge is 0.336 e. The third-order valence-electron chi connectivity index (χ3n) is 4.52. The fourth-order valence-corrected chi connectivity index (χ4v) is 3.15. The minimum Gasteiger partial charge on any atom is -0.872 e. The SMILES string of the molecule is CCOC(=O)[C@]1(C)C=C(Nc2ccc(C(=O)O)c([O-])c2)C(=O)N1c1ccccc1. The Bertz CT molecular complexity index is 1000. The molecular formula is C21H19N2O6-. The van der Waals surface area contributed by atoms with Crippen molar-refractivity contribution in [2.75, 3.05) is 16.8 Å². The van der Waals surface area contributed by atoms with Crippen molar-refractivity contribution in [3.63, 3.8) is 0 Å². The lowest BCUT2D eigenvalue weighted by atomic mass is 10.0. The van der Waals surface area contributed by atoms with E-state index in [1.54, 1.807) is 44.2 Å². The summed E-state index contributed by atoms with van der Waals surface area (Å²) in [6.07, 6.45) is 1.44. The number of carbonyl (C=O) groups excluding carboxylic acids is 2. The molecule has 1 aliphatic heterocycles. The quantitative estimate of drug-likeness (QED) is 0.719. The number of anilines is 2. The van der Waals surface area contributed by atoms with Crippen molar-refractivity contribution in [3.05, 3.63) is 65.9 Å². The molecule has 0 bridgehead atoms. The van der Waals surface area contributed by atoms with Gasteiger partial charge in [-0.25, -0.2) is 9.59 Å². The third kappa shape index (κ3) is 3.64. The normalized spacial score (nSPS) is 18.3. The monoisotopic (exact) mass is 395 g/mol. The molecule has 29 heavy (non-hydrogen) atoms. The fraction of sp³-hybridized carbons (Fsp3) is 0.190. The Hall–Kier alpha value is -3.81. The highest BCUT2D eigenvalue weighted by molar-refractivity contribution is 6.16. The van der Waals surface area contributed by atoms with Gasteiger partial charge in [0.1, 0.15) is 5.70 Å². The lowest BCUT2D eigenvalue weighted by molar-refractivity contribution is -0.268. The molecule has 0 saturated heterocycles. The Morgan fingerprint density at radius 2 is 1.90 bits per heavy atom. The van der Waals surface area contributed by atoms with Crippen LogP contribution >= 0.6 is 0 Å². The number of nitrogens with zero attached hydrogens (tertiary/aromatic N) is 1. The van der Waals surface area contributed by atoms with E-state index in [0.717, 1.165) is 12.1 Å². The van der Waals surface area contributed by atoms with Gasteiger partial charge >= 0.3 is 11.9 Å². The molecule has 2 aromatic rings. The highest BCUT2D eigenvalue weighted by Crippen LogP contribution is 2.35. The Labute approximate surface area is 167 Å². The molecule has 0 spiro atoms. The lowest BCUT2D eigenvalue weighted by Gasteiger charge is -2.32. The Balaban J connectivity index is 1.99. The minimum atomic E-state index is -1.39. The number of nitrogens with one attached hydrogen (secondary N) is 1. The zero-order valence-electron chi connectivity index (χ0n) is 15.8. The van der Waals surface area contributed by atoms with Gasteiger partial charge in [-0.1, -0.05) is 23.9 Å². The number of aromatic carboxylic acids is 1. The number of esters is 1. The molecule has 0 fully saturated rings. The van der Waals surface area contributed by atoms with Gasteiger partial charge in [0.15, 0.2) is 5.54 Å². The number of amides is 1. The van der Waals surface area contributed by atoms with Gasteiger partial charge < -0.3 is 20.3 Å². The van der Waals surface area contributed by atoms with E-state index in [2.05, 4.69) is 5.32 Å². The van der Waals surface area contributed by atoms with Crippen LogP contribution in [0.1, 0.15) is 24.2 Å². The van der Waals surface area contributed by atoms with E-state index < -0.39 is 29.1 Å². The van der Waals surface area contributed by atoms with Crippen LogP contribution in [0.2, 0.25) is 0 Å². The van der Waals surface area contributed by atoms with E-state index in [9.17, 15) is 19.5 Å². The number of rotatable bonds is 6.